The lowest BCUT2D eigenvalue weighted by Crippen LogP contribution is -2.32. The number of carbonyl (C=O) groups is 1. The van der Waals surface area contributed by atoms with Crippen LogP contribution >= 0.6 is 0 Å². The summed E-state index contributed by atoms with van der Waals surface area (Å²) in [5.41, 5.74) is 0.931. The van der Waals surface area contributed by atoms with Crippen molar-refractivity contribution in [2.45, 2.75) is 19.0 Å². The van der Waals surface area contributed by atoms with Gasteiger partial charge in [-0.2, -0.15) is 18.4 Å². The lowest BCUT2D eigenvalue weighted by atomic mass is 10.2. The second kappa shape index (κ2) is 7.64. The number of hydrogen-bond acceptors (Lipinski definition) is 3. The quantitative estimate of drug-likeness (QED) is 0.878. The molecule has 0 aliphatic heterocycles. The monoisotopic (exact) mass is 299 g/mol. The fraction of sp³-hybridized carbons (Fsp3) is 0.429. The smallest absolute Gasteiger partial charge is 0.326 e. The number of anilines is 1. The Balaban J connectivity index is 2.33. The molecule has 0 aliphatic carbocycles. The Kier molecular flexibility index (Phi) is 6.18. The highest BCUT2D eigenvalue weighted by atomic mass is 19.4. The Hall–Kier alpha value is -2.07. The van der Waals surface area contributed by atoms with Crippen molar-refractivity contribution in [2.24, 2.45) is 0 Å². The molecule has 0 saturated heterocycles. The van der Waals surface area contributed by atoms with Crippen LogP contribution in [0.15, 0.2) is 24.3 Å². The lowest BCUT2D eigenvalue weighted by molar-refractivity contribution is -0.143. The van der Waals surface area contributed by atoms with Gasteiger partial charge < -0.3 is 5.32 Å². The average molecular weight is 299 g/mol. The molecule has 0 aromatic heterocycles. The molecule has 1 rings (SSSR count). The van der Waals surface area contributed by atoms with Gasteiger partial charge in [0.2, 0.25) is 5.91 Å². The van der Waals surface area contributed by atoms with E-state index < -0.39 is 12.7 Å². The molecule has 0 atom stereocenters. The highest BCUT2D eigenvalue weighted by Gasteiger charge is 2.28. The zero-order chi connectivity index (χ0) is 15.9. The number of amides is 1. The van der Waals surface area contributed by atoms with E-state index in [9.17, 15) is 18.0 Å². The minimum atomic E-state index is -4.23. The molecule has 0 heterocycles. The van der Waals surface area contributed by atoms with Crippen molar-refractivity contribution >= 4 is 11.6 Å². The van der Waals surface area contributed by atoms with Gasteiger partial charge in [0.1, 0.15) is 0 Å². The highest BCUT2D eigenvalue weighted by Crippen LogP contribution is 2.16. The summed E-state index contributed by atoms with van der Waals surface area (Å²) in [4.78, 5) is 12.8. The molecule has 0 spiro atoms. The first-order valence-corrected chi connectivity index (χ1v) is 6.35. The van der Waals surface area contributed by atoms with Crippen LogP contribution in [0.25, 0.3) is 0 Å². The fourth-order valence-electron chi connectivity index (χ4n) is 1.78. The van der Waals surface area contributed by atoms with Crippen LogP contribution in [0.5, 0.6) is 0 Å². The molecule has 0 fully saturated rings. The van der Waals surface area contributed by atoms with Gasteiger partial charge >= 0.3 is 6.18 Å². The van der Waals surface area contributed by atoms with Crippen molar-refractivity contribution in [1.82, 2.24) is 4.90 Å². The van der Waals surface area contributed by atoms with E-state index in [0.717, 1.165) is 4.90 Å². The van der Waals surface area contributed by atoms with Crippen LogP contribution in [0.1, 0.15) is 18.4 Å². The van der Waals surface area contributed by atoms with Gasteiger partial charge in [-0.1, -0.05) is 6.07 Å². The van der Waals surface area contributed by atoms with Crippen molar-refractivity contribution in [3.05, 3.63) is 29.8 Å². The number of nitriles is 1. The van der Waals surface area contributed by atoms with Gasteiger partial charge in [-0.15, -0.1) is 0 Å². The van der Waals surface area contributed by atoms with Gasteiger partial charge in [0.05, 0.1) is 18.2 Å². The molecule has 0 radical (unpaired) electrons. The van der Waals surface area contributed by atoms with Crippen LogP contribution < -0.4 is 5.32 Å². The first kappa shape index (κ1) is 17.0. The molecule has 7 heteroatoms. The van der Waals surface area contributed by atoms with Crippen molar-refractivity contribution in [2.75, 3.05) is 25.5 Å². The maximum absolute atomic E-state index is 12.1. The zero-order valence-corrected chi connectivity index (χ0v) is 11.6. The first-order chi connectivity index (χ1) is 9.80. The molecule has 1 aromatic carbocycles. The van der Waals surface area contributed by atoms with Crippen molar-refractivity contribution in [3.8, 4) is 6.07 Å². The third kappa shape index (κ3) is 7.32. The van der Waals surface area contributed by atoms with E-state index in [1.807, 2.05) is 6.07 Å². The van der Waals surface area contributed by atoms with E-state index in [-0.39, 0.29) is 18.9 Å². The van der Waals surface area contributed by atoms with E-state index in [2.05, 4.69) is 5.32 Å². The summed E-state index contributed by atoms with van der Waals surface area (Å²) in [5.74, 6) is -0.287. The second-order valence-corrected chi connectivity index (χ2v) is 4.70. The van der Waals surface area contributed by atoms with Gasteiger partial charge in [-0.25, -0.2) is 0 Å². The third-order valence-electron chi connectivity index (χ3n) is 2.67. The number of hydrogen-bond donors (Lipinski definition) is 1. The molecule has 1 N–H and O–H groups in total. The number of halogens is 3. The van der Waals surface area contributed by atoms with E-state index in [1.54, 1.807) is 18.2 Å². The Morgan fingerprint density at radius 1 is 1.43 bits per heavy atom. The van der Waals surface area contributed by atoms with E-state index >= 15 is 0 Å². The topological polar surface area (TPSA) is 56.1 Å². The van der Waals surface area contributed by atoms with Gasteiger partial charge in [0.15, 0.2) is 0 Å². The van der Waals surface area contributed by atoms with Gasteiger partial charge in [0, 0.05) is 12.1 Å². The van der Waals surface area contributed by atoms with E-state index in [1.165, 1.54) is 13.1 Å². The van der Waals surface area contributed by atoms with Crippen molar-refractivity contribution in [1.29, 1.82) is 5.26 Å². The van der Waals surface area contributed by atoms with Crippen LogP contribution in [-0.4, -0.2) is 37.1 Å². The summed E-state index contributed by atoms with van der Waals surface area (Å²) in [5, 5.41) is 11.3. The largest absolute Gasteiger partial charge is 0.401 e. The number of nitrogens with one attached hydrogen (secondary N) is 1. The molecule has 1 aromatic rings. The maximum Gasteiger partial charge on any atom is 0.401 e. The maximum atomic E-state index is 12.1. The molecule has 0 unspecified atom stereocenters. The number of nitrogens with zero attached hydrogens (tertiary/aromatic N) is 2. The summed E-state index contributed by atoms with van der Waals surface area (Å²) in [7, 11) is 1.36. The molecule has 0 saturated carbocycles. The molecule has 21 heavy (non-hydrogen) atoms. The van der Waals surface area contributed by atoms with Crippen LogP contribution in [0.2, 0.25) is 0 Å². The van der Waals surface area contributed by atoms with E-state index in [4.69, 9.17) is 5.26 Å². The normalized spacial score (nSPS) is 11.2. The summed E-state index contributed by atoms with van der Waals surface area (Å²) in [6, 6.07) is 8.40. The second-order valence-electron chi connectivity index (χ2n) is 4.70. The van der Waals surface area contributed by atoms with Crippen LogP contribution in [0.3, 0.4) is 0 Å². The summed E-state index contributed by atoms with van der Waals surface area (Å²) in [6.45, 7) is -0.802. The predicted molar refractivity (Wildman–Crippen MR) is 72.6 cm³/mol. The van der Waals surface area contributed by atoms with Gasteiger partial charge in [0.25, 0.3) is 0 Å². The van der Waals surface area contributed by atoms with E-state index in [0.29, 0.717) is 17.7 Å². The van der Waals surface area contributed by atoms with Crippen LogP contribution in [0.4, 0.5) is 18.9 Å². The molecule has 0 bridgehead atoms. The summed E-state index contributed by atoms with van der Waals surface area (Å²) >= 11 is 0. The zero-order valence-electron chi connectivity index (χ0n) is 11.6. The van der Waals surface area contributed by atoms with Crippen molar-refractivity contribution < 1.29 is 18.0 Å². The molecular weight excluding hydrogens is 283 g/mol. The first-order valence-electron chi connectivity index (χ1n) is 6.35. The molecular formula is C14H16F3N3O. The lowest BCUT2D eigenvalue weighted by Gasteiger charge is -2.18. The fourth-order valence-corrected chi connectivity index (χ4v) is 1.78. The highest BCUT2D eigenvalue weighted by molar-refractivity contribution is 5.90. The molecule has 4 nitrogen and oxygen atoms in total. The van der Waals surface area contributed by atoms with Crippen LogP contribution in [0, 0.1) is 11.3 Å². The third-order valence-corrected chi connectivity index (χ3v) is 2.67. The molecule has 0 aliphatic rings. The predicted octanol–water partition coefficient (Wildman–Crippen LogP) is 2.77. The molecule has 1 amide bonds. The number of benzene rings is 1. The Morgan fingerprint density at radius 3 is 2.76 bits per heavy atom. The number of carbonyl (C=O) groups excluding carboxylic acids is 1. The van der Waals surface area contributed by atoms with Gasteiger partial charge in [-0.05, 0) is 38.2 Å². The molecule has 114 valence electrons. The Bertz CT molecular complexity index is 523. The minimum absolute atomic E-state index is 0.124. The Morgan fingerprint density at radius 2 is 2.14 bits per heavy atom. The van der Waals surface area contributed by atoms with Gasteiger partial charge in [-0.3, -0.25) is 9.69 Å². The van der Waals surface area contributed by atoms with Crippen molar-refractivity contribution in [3.63, 3.8) is 0 Å². The minimum Gasteiger partial charge on any atom is -0.326 e. The summed E-state index contributed by atoms with van der Waals surface area (Å²) in [6.07, 6.45) is -3.77. The summed E-state index contributed by atoms with van der Waals surface area (Å²) < 4.78 is 36.3. The SMILES string of the molecule is CN(CCCC(=O)Nc1cccc(C#N)c1)CC(F)(F)F. The Labute approximate surface area is 121 Å². The average Bonchev–Trinajstić information content (AvgIpc) is 2.36. The number of rotatable bonds is 6. The standard InChI is InChI=1S/C14H16F3N3O/c1-20(10-14(15,16)17)7-3-6-13(21)19-12-5-2-4-11(8-12)9-18/h2,4-5,8H,3,6-7,10H2,1H3,(H,19,21). The number of alkyl halides is 3. The van der Waals surface area contributed by atoms with Crippen LogP contribution in [-0.2, 0) is 4.79 Å².